The number of unbranched alkanes of at least 4 members (excludes halogenated alkanes) is 14. The maximum absolute atomic E-state index is 11.3. The minimum Gasteiger partial charge on any atom is -0.461 e. The van der Waals surface area contributed by atoms with Gasteiger partial charge >= 0.3 is 5.97 Å². The van der Waals surface area contributed by atoms with Gasteiger partial charge in [-0.25, -0.2) is 4.79 Å². The minimum absolute atomic E-state index is 0.103. The topological polar surface area (TPSA) is 38.3 Å². The fourth-order valence-electron chi connectivity index (χ4n) is 3.68. The first-order valence-electron chi connectivity index (χ1n) is 12.5. The fraction of sp³-hybridized carbons (Fsp3) is 0.885. The zero-order valence-corrected chi connectivity index (χ0v) is 20.3. The summed E-state index contributed by atoms with van der Waals surface area (Å²) in [6.45, 7) is 13.1. The summed E-state index contributed by atoms with van der Waals surface area (Å²) in [5.41, 5.74) is 0.564. The largest absolute Gasteiger partial charge is 0.461 e. The Bertz CT molecular complexity index is 404. The molecule has 3 nitrogen and oxygen atoms in total. The van der Waals surface area contributed by atoms with E-state index in [0.29, 0.717) is 18.7 Å². The molecule has 0 aliphatic rings. The summed E-state index contributed by atoms with van der Waals surface area (Å²) in [5.74, 6) is -0.299. The summed E-state index contributed by atoms with van der Waals surface area (Å²) in [7, 11) is 0. The lowest BCUT2D eigenvalue weighted by molar-refractivity contribution is -0.138. The van der Waals surface area contributed by atoms with Gasteiger partial charge in [-0.1, -0.05) is 110 Å². The average molecular weight is 410 g/mol. The number of ether oxygens (including phenoxy) is 1. The molecule has 0 aliphatic carbocycles. The van der Waals surface area contributed by atoms with Crippen LogP contribution >= 0.6 is 0 Å². The molecule has 0 amide bonds. The molecule has 3 heteroatoms. The number of esters is 1. The molecule has 0 heterocycles. The molecule has 0 saturated carbocycles. The Morgan fingerprint density at radius 1 is 0.793 bits per heavy atom. The van der Waals surface area contributed by atoms with Crippen molar-refractivity contribution in [3.05, 3.63) is 12.2 Å². The van der Waals surface area contributed by atoms with E-state index < -0.39 is 0 Å². The van der Waals surface area contributed by atoms with Crippen LogP contribution in [0.5, 0.6) is 0 Å². The van der Waals surface area contributed by atoms with Crippen LogP contribution in [-0.4, -0.2) is 24.7 Å². The maximum Gasteiger partial charge on any atom is 0.333 e. The van der Waals surface area contributed by atoms with Crippen LogP contribution in [0.3, 0.4) is 0 Å². The van der Waals surface area contributed by atoms with E-state index in [1.54, 1.807) is 6.92 Å². The third kappa shape index (κ3) is 20.2. The average Bonchev–Trinajstić information content (AvgIpc) is 2.68. The molecule has 0 aromatic rings. The van der Waals surface area contributed by atoms with Crippen LogP contribution in [0.2, 0.25) is 0 Å². The van der Waals surface area contributed by atoms with Gasteiger partial charge in [-0.3, -0.25) is 0 Å². The number of carbonyl (C=O) groups excluding carboxylic acids is 1. The smallest absolute Gasteiger partial charge is 0.333 e. The summed E-state index contributed by atoms with van der Waals surface area (Å²) in [6, 6.07) is 0. The van der Waals surface area contributed by atoms with E-state index in [1.165, 1.54) is 103 Å². The third-order valence-electron chi connectivity index (χ3n) is 5.69. The molecular weight excluding hydrogens is 358 g/mol. The summed E-state index contributed by atoms with van der Waals surface area (Å²) < 4.78 is 5.13. The van der Waals surface area contributed by atoms with Gasteiger partial charge in [-0.2, -0.15) is 0 Å². The molecular formula is C26H51NO2. The summed E-state index contributed by atoms with van der Waals surface area (Å²) in [6.07, 6.45) is 22.2. The standard InChI is InChI=1S/C26H51NO2/c1-6-7-8-9-10-11-12-13-14-15-16-17-18-19-20-21-26(4,5)27-22-23-29-25(28)24(2)3/h27H,2,6-23H2,1,3-5H3. The van der Waals surface area contributed by atoms with Gasteiger partial charge in [-0.15, -0.1) is 0 Å². The quantitative estimate of drug-likeness (QED) is 0.120. The van der Waals surface area contributed by atoms with Crippen LogP contribution in [0.25, 0.3) is 0 Å². The highest BCUT2D eigenvalue weighted by Gasteiger charge is 2.16. The number of hydrogen-bond donors (Lipinski definition) is 1. The molecule has 0 spiro atoms. The second-order valence-corrected chi connectivity index (χ2v) is 9.43. The summed E-state index contributed by atoms with van der Waals surface area (Å²) in [5, 5.41) is 3.50. The van der Waals surface area contributed by atoms with Gasteiger partial charge in [0.2, 0.25) is 0 Å². The van der Waals surface area contributed by atoms with Crippen LogP contribution in [0.15, 0.2) is 12.2 Å². The van der Waals surface area contributed by atoms with Crippen LogP contribution in [-0.2, 0) is 9.53 Å². The highest BCUT2D eigenvalue weighted by molar-refractivity contribution is 5.86. The molecule has 172 valence electrons. The fourth-order valence-corrected chi connectivity index (χ4v) is 3.68. The van der Waals surface area contributed by atoms with E-state index in [0.717, 1.165) is 0 Å². The van der Waals surface area contributed by atoms with Crippen LogP contribution in [0, 0.1) is 0 Å². The Labute approximate surface area is 182 Å². The lowest BCUT2D eigenvalue weighted by Crippen LogP contribution is -2.41. The van der Waals surface area contributed by atoms with Gasteiger partial charge in [0, 0.05) is 17.7 Å². The monoisotopic (exact) mass is 409 g/mol. The first-order chi connectivity index (χ1) is 13.9. The van der Waals surface area contributed by atoms with Gasteiger partial charge < -0.3 is 10.1 Å². The van der Waals surface area contributed by atoms with Crippen molar-refractivity contribution in [3.63, 3.8) is 0 Å². The third-order valence-corrected chi connectivity index (χ3v) is 5.69. The molecule has 0 aliphatic heterocycles. The highest BCUT2D eigenvalue weighted by Crippen LogP contribution is 2.16. The van der Waals surface area contributed by atoms with Crippen LogP contribution in [0.4, 0.5) is 0 Å². The zero-order chi connectivity index (χ0) is 21.8. The SMILES string of the molecule is C=C(C)C(=O)OCCNC(C)(C)CCCCCCCCCCCCCCCCC. The van der Waals surface area contributed by atoms with Crippen molar-refractivity contribution in [1.82, 2.24) is 5.32 Å². The Kier molecular flexibility index (Phi) is 18.6. The predicted molar refractivity (Wildman–Crippen MR) is 127 cm³/mol. The van der Waals surface area contributed by atoms with E-state index in [1.807, 2.05) is 0 Å². The zero-order valence-electron chi connectivity index (χ0n) is 20.3. The Hall–Kier alpha value is -0.830. The molecule has 0 aromatic carbocycles. The van der Waals surface area contributed by atoms with Gasteiger partial charge in [0.25, 0.3) is 0 Å². The molecule has 0 rings (SSSR count). The van der Waals surface area contributed by atoms with Crippen molar-refractivity contribution >= 4 is 5.97 Å². The molecule has 0 bridgehead atoms. The first kappa shape index (κ1) is 28.2. The summed E-state index contributed by atoms with van der Waals surface area (Å²) >= 11 is 0. The van der Waals surface area contributed by atoms with Crippen molar-refractivity contribution in [2.75, 3.05) is 13.2 Å². The molecule has 29 heavy (non-hydrogen) atoms. The first-order valence-corrected chi connectivity index (χ1v) is 12.5. The number of rotatable bonds is 21. The second-order valence-electron chi connectivity index (χ2n) is 9.43. The molecule has 0 radical (unpaired) electrons. The Morgan fingerprint density at radius 3 is 1.62 bits per heavy atom. The molecule has 0 aromatic heterocycles. The van der Waals surface area contributed by atoms with Crippen molar-refractivity contribution < 1.29 is 9.53 Å². The van der Waals surface area contributed by atoms with Crippen molar-refractivity contribution in [2.24, 2.45) is 0 Å². The number of nitrogens with one attached hydrogen (secondary N) is 1. The maximum atomic E-state index is 11.3. The highest BCUT2D eigenvalue weighted by atomic mass is 16.5. The molecule has 1 N–H and O–H groups in total. The number of hydrogen-bond acceptors (Lipinski definition) is 3. The molecule has 0 fully saturated rings. The van der Waals surface area contributed by atoms with Crippen LogP contribution in [0.1, 0.15) is 130 Å². The number of carbonyl (C=O) groups is 1. The predicted octanol–water partition coefficient (Wildman–Crippen LogP) is 7.74. The van der Waals surface area contributed by atoms with E-state index in [-0.39, 0.29) is 11.5 Å². The van der Waals surface area contributed by atoms with E-state index >= 15 is 0 Å². The van der Waals surface area contributed by atoms with E-state index in [4.69, 9.17) is 4.74 Å². The lowest BCUT2D eigenvalue weighted by atomic mass is 9.96. The lowest BCUT2D eigenvalue weighted by Gasteiger charge is -2.26. The normalized spacial score (nSPS) is 11.6. The van der Waals surface area contributed by atoms with Crippen molar-refractivity contribution in [1.29, 1.82) is 0 Å². The van der Waals surface area contributed by atoms with Crippen molar-refractivity contribution in [2.45, 2.75) is 136 Å². The molecule has 0 unspecified atom stereocenters. The van der Waals surface area contributed by atoms with E-state index in [9.17, 15) is 4.79 Å². The van der Waals surface area contributed by atoms with Gasteiger partial charge in [0.15, 0.2) is 0 Å². The summed E-state index contributed by atoms with van der Waals surface area (Å²) in [4.78, 5) is 11.3. The van der Waals surface area contributed by atoms with E-state index in [2.05, 4.69) is 32.7 Å². The van der Waals surface area contributed by atoms with Gasteiger partial charge in [0.05, 0.1) is 0 Å². The Balaban J connectivity index is 3.36. The molecule has 0 atom stereocenters. The van der Waals surface area contributed by atoms with Gasteiger partial charge in [0.1, 0.15) is 6.61 Å². The second kappa shape index (κ2) is 19.2. The minimum atomic E-state index is -0.299. The van der Waals surface area contributed by atoms with Gasteiger partial charge in [-0.05, 0) is 27.2 Å². The molecule has 0 saturated heterocycles. The van der Waals surface area contributed by atoms with Crippen LogP contribution < -0.4 is 5.32 Å². The van der Waals surface area contributed by atoms with Crippen molar-refractivity contribution in [3.8, 4) is 0 Å². The Morgan fingerprint density at radius 2 is 1.21 bits per heavy atom.